The van der Waals surface area contributed by atoms with E-state index in [1.807, 2.05) is 45.0 Å². The van der Waals surface area contributed by atoms with Crippen LogP contribution >= 0.6 is 11.6 Å². The highest BCUT2D eigenvalue weighted by Gasteiger charge is 2.15. The zero-order chi connectivity index (χ0) is 15.1. The van der Waals surface area contributed by atoms with Crippen molar-refractivity contribution in [2.24, 2.45) is 0 Å². The fourth-order valence-electron chi connectivity index (χ4n) is 2.32. The van der Waals surface area contributed by atoms with Crippen LogP contribution in [0.5, 0.6) is 0 Å². The number of nitrogens with two attached hydrogens (primary N) is 1. The van der Waals surface area contributed by atoms with Crippen molar-refractivity contribution in [3.63, 3.8) is 0 Å². The van der Waals surface area contributed by atoms with Crippen molar-refractivity contribution in [1.29, 1.82) is 0 Å². The molecule has 2 heterocycles. The van der Waals surface area contributed by atoms with E-state index >= 15 is 0 Å². The lowest BCUT2D eigenvalue weighted by Crippen LogP contribution is -1.95. The first kappa shape index (κ1) is 13.8. The molecule has 0 bridgehead atoms. The Hall–Kier alpha value is -2.20. The number of hydrogen-bond donors (Lipinski definition) is 1. The van der Waals surface area contributed by atoms with Crippen LogP contribution in [-0.2, 0) is 0 Å². The molecule has 0 aliphatic heterocycles. The summed E-state index contributed by atoms with van der Waals surface area (Å²) in [6.07, 6.45) is 1.79. The molecule has 0 saturated carbocycles. The van der Waals surface area contributed by atoms with Crippen molar-refractivity contribution >= 4 is 17.3 Å². The lowest BCUT2D eigenvalue weighted by molar-refractivity contribution is 0.505. The Morgan fingerprint density at radius 2 is 1.95 bits per heavy atom. The van der Waals surface area contributed by atoms with Crippen LogP contribution in [-0.4, -0.2) is 9.78 Å². The molecule has 0 atom stereocenters. The van der Waals surface area contributed by atoms with E-state index < -0.39 is 0 Å². The normalized spacial score (nSPS) is 11.0. The van der Waals surface area contributed by atoms with Crippen LogP contribution in [0, 0.1) is 20.8 Å². The molecule has 0 radical (unpaired) electrons. The van der Waals surface area contributed by atoms with Crippen molar-refractivity contribution in [1.82, 2.24) is 9.78 Å². The molecule has 3 aromatic rings. The van der Waals surface area contributed by atoms with Crippen LogP contribution in [0.2, 0.25) is 5.02 Å². The van der Waals surface area contributed by atoms with Crippen molar-refractivity contribution in [3.05, 3.63) is 52.6 Å². The van der Waals surface area contributed by atoms with Gasteiger partial charge in [-0.15, -0.1) is 0 Å². The number of halogens is 1. The van der Waals surface area contributed by atoms with Gasteiger partial charge in [-0.1, -0.05) is 17.7 Å². The Morgan fingerprint density at radius 3 is 2.57 bits per heavy atom. The molecule has 5 heteroatoms. The average Bonchev–Trinajstić information content (AvgIpc) is 2.95. The van der Waals surface area contributed by atoms with Crippen LogP contribution < -0.4 is 5.73 Å². The van der Waals surface area contributed by atoms with Gasteiger partial charge < -0.3 is 10.2 Å². The second kappa shape index (κ2) is 4.97. The second-order valence-electron chi connectivity index (χ2n) is 5.14. The van der Waals surface area contributed by atoms with Gasteiger partial charge in [0.15, 0.2) is 0 Å². The molecule has 21 heavy (non-hydrogen) atoms. The van der Waals surface area contributed by atoms with Gasteiger partial charge in [-0.2, -0.15) is 5.10 Å². The van der Waals surface area contributed by atoms with Gasteiger partial charge in [-0.05, 0) is 44.5 Å². The van der Waals surface area contributed by atoms with Crippen molar-refractivity contribution in [3.8, 4) is 16.9 Å². The molecule has 0 aliphatic rings. The molecular weight excluding hydrogens is 286 g/mol. The first-order valence-electron chi connectivity index (χ1n) is 6.65. The molecule has 108 valence electrons. The van der Waals surface area contributed by atoms with E-state index in [1.165, 1.54) is 0 Å². The maximum atomic E-state index is 6.17. The summed E-state index contributed by atoms with van der Waals surface area (Å²) < 4.78 is 7.28. The predicted octanol–water partition coefficient (Wildman–Crippen LogP) is 4.29. The van der Waals surface area contributed by atoms with Gasteiger partial charge in [0.2, 0.25) is 0 Å². The van der Waals surface area contributed by atoms with E-state index in [4.69, 9.17) is 21.8 Å². The first-order chi connectivity index (χ1) is 9.95. The van der Waals surface area contributed by atoms with Gasteiger partial charge in [0.1, 0.15) is 17.2 Å². The van der Waals surface area contributed by atoms with Crippen molar-refractivity contribution in [2.75, 3.05) is 5.73 Å². The average molecular weight is 302 g/mol. The van der Waals surface area contributed by atoms with Gasteiger partial charge in [-0.3, -0.25) is 0 Å². The molecule has 2 aromatic heterocycles. The summed E-state index contributed by atoms with van der Waals surface area (Å²) in [7, 11) is 0. The Balaban J connectivity index is 2.09. The molecule has 0 spiro atoms. The molecular formula is C16H16ClN3O. The van der Waals surface area contributed by atoms with Crippen LogP contribution in [0.15, 0.2) is 34.9 Å². The number of aromatic nitrogens is 2. The lowest BCUT2D eigenvalue weighted by Gasteiger charge is -2.03. The number of rotatable bonds is 2. The zero-order valence-electron chi connectivity index (χ0n) is 12.1. The molecule has 4 nitrogen and oxygen atoms in total. The number of hydrogen-bond acceptors (Lipinski definition) is 3. The van der Waals surface area contributed by atoms with E-state index in [9.17, 15) is 0 Å². The number of nitrogens with zero attached hydrogens (tertiary/aromatic N) is 2. The van der Waals surface area contributed by atoms with Crippen LogP contribution in [0.1, 0.15) is 17.1 Å². The number of anilines is 1. The highest BCUT2D eigenvalue weighted by molar-refractivity contribution is 6.31. The summed E-state index contributed by atoms with van der Waals surface area (Å²) in [5, 5.41) is 5.28. The summed E-state index contributed by atoms with van der Waals surface area (Å²) in [6, 6.07) is 7.74. The fraction of sp³-hybridized carbons (Fsp3) is 0.188. The zero-order valence-corrected chi connectivity index (χ0v) is 12.9. The van der Waals surface area contributed by atoms with Crippen LogP contribution in [0.25, 0.3) is 16.9 Å². The smallest absolute Gasteiger partial charge is 0.119 e. The largest absolute Gasteiger partial charge is 0.466 e. The SMILES string of the molecule is Cc1cc(-c2nn(-c3ccc(C)c(Cl)c3)cc2N)c(C)o1. The summed E-state index contributed by atoms with van der Waals surface area (Å²) in [5.41, 5.74) is 10.3. The summed E-state index contributed by atoms with van der Waals surface area (Å²) in [6.45, 7) is 5.78. The van der Waals surface area contributed by atoms with Crippen molar-refractivity contribution in [2.45, 2.75) is 20.8 Å². The minimum Gasteiger partial charge on any atom is -0.466 e. The summed E-state index contributed by atoms with van der Waals surface area (Å²) in [5.74, 6) is 1.65. The van der Waals surface area contributed by atoms with Gasteiger partial charge in [-0.25, -0.2) is 4.68 Å². The number of nitrogen functional groups attached to an aromatic ring is 1. The third-order valence-electron chi connectivity index (χ3n) is 3.46. The standard InChI is InChI=1S/C16H16ClN3O/c1-9-4-5-12(7-14(9)17)20-8-15(18)16(19-20)13-6-10(2)21-11(13)3/h4-8H,18H2,1-3H3. The van der Waals surface area contributed by atoms with E-state index in [0.717, 1.165) is 34.0 Å². The minimum atomic E-state index is 0.607. The molecule has 0 aliphatic carbocycles. The van der Waals surface area contributed by atoms with Gasteiger partial charge in [0.25, 0.3) is 0 Å². The highest BCUT2D eigenvalue weighted by atomic mass is 35.5. The second-order valence-corrected chi connectivity index (χ2v) is 5.55. The van der Waals surface area contributed by atoms with Crippen LogP contribution in [0.3, 0.4) is 0 Å². The van der Waals surface area contributed by atoms with Gasteiger partial charge in [0, 0.05) is 10.6 Å². The molecule has 0 fully saturated rings. The molecule has 3 rings (SSSR count). The summed E-state index contributed by atoms with van der Waals surface area (Å²) in [4.78, 5) is 0. The van der Waals surface area contributed by atoms with E-state index in [-0.39, 0.29) is 0 Å². The molecule has 0 saturated heterocycles. The van der Waals surface area contributed by atoms with Crippen molar-refractivity contribution < 1.29 is 4.42 Å². The number of furan rings is 1. The van der Waals surface area contributed by atoms with E-state index in [2.05, 4.69) is 5.10 Å². The Bertz CT molecular complexity index is 817. The first-order valence-corrected chi connectivity index (χ1v) is 7.02. The quantitative estimate of drug-likeness (QED) is 0.768. The third kappa shape index (κ3) is 2.43. The topological polar surface area (TPSA) is 57.0 Å². The number of benzene rings is 1. The highest BCUT2D eigenvalue weighted by Crippen LogP contribution is 2.31. The van der Waals surface area contributed by atoms with E-state index in [1.54, 1.807) is 10.9 Å². The number of aryl methyl sites for hydroxylation is 3. The maximum Gasteiger partial charge on any atom is 0.119 e. The Kier molecular flexibility index (Phi) is 3.26. The third-order valence-corrected chi connectivity index (χ3v) is 3.87. The monoisotopic (exact) mass is 301 g/mol. The van der Waals surface area contributed by atoms with Gasteiger partial charge >= 0.3 is 0 Å². The molecule has 0 amide bonds. The maximum absolute atomic E-state index is 6.17. The van der Waals surface area contributed by atoms with Gasteiger partial charge in [0.05, 0.1) is 17.6 Å². The minimum absolute atomic E-state index is 0.607. The van der Waals surface area contributed by atoms with E-state index in [0.29, 0.717) is 10.7 Å². The lowest BCUT2D eigenvalue weighted by atomic mass is 10.1. The summed E-state index contributed by atoms with van der Waals surface area (Å²) >= 11 is 6.17. The fourth-order valence-corrected chi connectivity index (χ4v) is 2.49. The predicted molar refractivity (Wildman–Crippen MR) is 84.9 cm³/mol. The molecule has 0 unspecified atom stereocenters. The Labute approximate surface area is 128 Å². The Morgan fingerprint density at radius 1 is 1.19 bits per heavy atom. The van der Waals surface area contributed by atoms with Crippen LogP contribution in [0.4, 0.5) is 5.69 Å². The molecule has 1 aromatic carbocycles. The molecule has 2 N–H and O–H groups in total.